The van der Waals surface area contributed by atoms with Crippen LogP contribution >= 0.6 is 103 Å². The first-order valence-electron chi connectivity index (χ1n) is 44.0. The van der Waals surface area contributed by atoms with Gasteiger partial charge in [-0.2, -0.15) is 0 Å². The summed E-state index contributed by atoms with van der Waals surface area (Å²) in [7, 11) is -1.41. The molecule has 0 aliphatic carbocycles. The molecule has 6 N–H and O–H groups in total. The third-order valence-electron chi connectivity index (χ3n) is 23.9. The number of rotatable bonds is 22. The van der Waals surface area contributed by atoms with Gasteiger partial charge in [0.15, 0.2) is 5.82 Å². The van der Waals surface area contributed by atoms with Crippen molar-refractivity contribution in [3.05, 3.63) is 309 Å². The average Bonchev–Trinajstić information content (AvgIpc) is 1.61. The van der Waals surface area contributed by atoms with Gasteiger partial charge in [0.1, 0.15) is 30.5 Å². The number of anilines is 5. The monoisotopic (exact) mass is 2020 g/mol. The maximum absolute atomic E-state index is 14.8. The van der Waals surface area contributed by atoms with Gasteiger partial charge in [0.05, 0.1) is 143 Å². The van der Waals surface area contributed by atoms with Crippen molar-refractivity contribution in [2.45, 2.75) is 71.3 Å². The summed E-state index contributed by atoms with van der Waals surface area (Å²) in [4.78, 5) is 61.0. The number of hydrogen-bond acceptors (Lipinski definition) is 20. The fraction of sp³-hybridized carbons (Fsp3) is 0.314. The Balaban J connectivity index is 0.000000137. The van der Waals surface area contributed by atoms with E-state index in [2.05, 4.69) is 95.0 Å². The molecule has 4 unspecified atom stereocenters. The molecule has 0 amide bonds. The van der Waals surface area contributed by atoms with E-state index in [-0.39, 0.29) is 38.1 Å². The van der Waals surface area contributed by atoms with E-state index in [4.69, 9.17) is 95.5 Å². The number of aryl methyl sites for hydroxylation is 2. The molecule has 0 radical (unpaired) electrons. The van der Waals surface area contributed by atoms with Gasteiger partial charge in [-0.15, -0.1) is 56.7 Å². The zero-order chi connectivity index (χ0) is 96.4. The van der Waals surface area contributed by atoms with E-state index >= 15 is 0 Å². The lowest BCUT2D eigenvalue weighted by molar-refractivity contribution is 0.0689. The van der Waals surface area contributed by atoms with Gasteiger partial charge in [0, 0.05) is 111 Å². The summed E-state index contributed by atoms with van der Waals surface area (Å²) in [6.45, 7) is 44.4. The molecule has 0 bridgehead atoms. The van der Waals surface area contributed by atoms with Crippen LogP contribution in [0.25, 0.3) is 46.9 Å². The highest BCUT2D eigenvalue weighted by molar-refractivity contribution is 7.82. The van der Waals surface area contributed by atoms with Crippen LogP contribution in [0.1, 0.15) is 145 Å². The van der Waals surface area contributed by atoms with Crippen molar-refractivity contribution in [3.8, 4) is 12.0 Å². The van der Waals surface area contributed by atoms with Crippen molar-refractivity contribution in [3.63, 3.8) is 0 Å². The van der Waals surface area contributed by atoms with Gasteiger partial charge in [0.2, 0.25) is 17.1 Å². The van der Waals surface area contributed by atoms with E-state index in [1.807, 2.05) is 110 Å². The second-order valence-electron chi connectivity index (χ2n) is 32.4. The summed E-state index contributed by atoms with van der Waals surface area (Å²) in [5.74, 6) is -0.853. The highest BCUT2D eigenvalue weighted by Crippen LogP contribution is 2.53. The molecule has 22 nitrogen and oxygen atoms in total. The number of hydrogen-bond donors (Lipinski definition) is 5. The van der Waals surface area contributed by atoms with E-state index in [0.29, 0.717) is 188 Å². The lowest BCUT2D eigenvalue weighted by atomic mass is 9.85. The van der Waals surface area contributed by atoms with Crippen LogP contribution in [0.5, 0.6) is 0 Å². The number of benzene rings is 8. The molecule has 13 aromatic rings. The molecule has 706 valence electrons. The Hall–Kier alpha value is -10.8. The molecular weight excluding hydrogens is 1930 g/mol. The number of nitrogens with two attached hydrogens (primary N) is 1. The zero-order valence-corrected chi connectivity index (χ0v) is 83.0. The molecule has 18 rings (SSSR count). The molecule has 0 spiro atoms. The van der Waals surface area contributed by atoms with E-state index in [9.17, 15) is 42.7 Å². The first kappa shape index (κ1) is 101. The number of ether oxygens (including phenoxy) is 5. The fourth-order valence-electron chi connectivity index (χ4n) is 17.1. The van der Waals surface area contributed by atoms with Crippen LogP contribution in [0, 0.1) is 57.2 Å². The summed E-state index contributed by atoms with van der Waals surface area (Å²) in [5.41, 5.74) is 15.7. The Labute approximate surface area is 831 Å². The second kappa shape index (κ2) is 47.5. The van der Waals surface area contributed by atoms with Gasteiger partial charge in [0.25, 0.3) is 0 Å². The number of morpholine rings is 5. The largest absolute Gasteiger partial charge is 0.477 e. The third-order valence-corrected chi connectivity index (χ3v) is 32.1. The topological polar surface area (TPSA) is 242 Å². The maximum atomic E-state index is 14.8. The zero-order valence-electron chi connectivity index (χ0n) is 75.1. The molecule has 8 aromatic carbocycles. The first-order chi connectivity index (χ1) is 65.8. The van der Waals surface area contributed by atoms with Crippen LogP contribution < -0.4 is 35.0 Å². The Morgan fingerprint density at radius 2 is 0.890 bits per heavy atom. The molecule has 0 saturated carbocycles. The third kappa shape index (κ3) is 23.8. The number of carboxylic acid groups (broad SMARTS) is 3. The van der Waals surface area contributed by atoms with Crippen molar-refractivity contribution >= 4 is 206 Å². The number of nitrogens with zero attached hydrogens (tertiary/aromatic N) is 8. The lowest BCUT2D eigenvalue weighted by Gasteiger charge is -2.28. The van der Waals surface area contributed by atoms with Gasteiger partial charge in [-0.3, -0.25) is 0 Å². The highest BCUT2D eigenvalue weighted by Gasteiger charge is 2.37. The van der Waals surface area contributed by atoms with Crippen LogP contribution in [-0.4, -0.2) is 175 Å². The summed E-state index contributed by atoms with van der Waals surface area (Å²) >= 11 is 30.8. The van der Waals surface area contributed by atoms with Crippen LogP contribution in [-0.2, 0) is 47.5 Å². The molecule has 5 fully saturated rings. The smallest absolute Gasteiger partial charge is 0.346 e. The molecule has 5 aromatic heterocycles. The predicted octanol–water partition coefficient (Wildman–Crippen LogP) is 24.1. The Bertz CT molecular complexity index is 6760. The van der Waals surface area contributed by atoms with Gasteiger partial charge < -0.3 is 69.2 Å². The minimum atomic E-state index is -1.41. The molecule has 5 aliphatic rings. The summed E-state index contributed by atoms with van der Waals surface area (Å²) in [5, 5.41) is 41.4. The molecule has 5 aliphatic heterocycles. The second-order valence-corrected chi connectivity index (χ2v) is 40.6. The van der Waals surface area contributed by atoms with Crippen molar-refractivity contribution in [2.75, 3.05) is 162 Å². The van der Waals surface area contributed by atoms with Crippen molar-refractivity contribution < 1.29 is 66.4 Å². The van der Waals surface area contributed by atoms with Gasteiger partial charge in [-0.05, 0) is 151 Å². The maximum Gasteiger partial charge on any atom is 0.346 e. The Morgan fingerprint density at radius 3 is 1.38 bits per heavy atom. The van der Waals surface area contributed by atoms with Gasteiger partial charge in [-0.1, -0.05) is 188 Å². The molecule has 4 atom stereocenters. The SMILES string of the molecule is CS(=O)NC(c1ccc2ccccc2c1)c1c(C(=O)O)sc(N2CCOCC2)c1C#CN.Cc1sc(N2CCOCC2)c(F)c1Cc1ccc(Cl)c(Cl)c1.[C-]#[N+]c1c(N2CCOCC2)sc(C(=O)O)c1C(C)c1ccc(Cl)c(Cl)c1.[C-]#[N+]c1c(N2CCOCC2)sc(C(=O)O)c1C(CCC)c1ccc2ccccc2c1.[C-]#[N+]c1c(N2CCOCC2)sc(C)c1Cc1cc(F)c2ccccc2c1. The quantitative estimate of drug-likeness (QED) is 0.0241. The lowest BCUT2D eigenvalue weighted by Crippen LogP contribution is -2.36. The number of thiophene rings is 5. The Morgan fingerprint density at radius 1 is 0.478 bits per heavy atom. The average molecular weight is 2030 g/mol. The molecule has 10 heterocycles. The number of carboxylic acids is 3. The molecule has 136 heavy (non-hydrogen) atoms. The van der Waals surface area contributed by atoms with Crippen LogP contribution in [0.4, 0.5) is 50.8 Å². The van der Waals surface area contributed by atoms with Crippen LogP contribution in [0.3, 0.4) is 0 Å². The van der Waals surface area contributed by atoms with Crippen molar-refractivity contribution in [2.24, 2.45) is 5.73 Å². The van der Waals surface area contributed by atoms with Gasteiger partial charge >= 0.3 is 17.9 Å². The predicted molar refractivity (Wildman–Crippen MR) is 551 cm³/mol. The fourth-order valence-corrected chi connectivity index (χ4v) is 24.2. The Kier molecular flexibility index (Phi) is 35.3. The van der Waals surface area contributed by atoms with Gasteiger partial charge in [-0.25, -0.2) is 46.6 Å². The van der Waals surface area contributed by atoms with Crippen LogP contribution in [0.15, 0.2) is 158 Å². The van der Waals surface area contributed by atoms with Crippen molar-refractivity contribution in [1.82, 2.24) is 4.72 Å². The van der Waals surface area contributed by atoms with Crippen LogP contribution in [0.2, 0.25) is 20.1 Å². The molecule has 5 saturated heterocycles. The normalized spacial score (nSPS) is 15.3. The number of aromatic carboxylic acids is 3. The van der Waals surface area contributed by atoms with Crippen molar-refractivity contribution in [1.29, 1.82) is 0 Å². The van der Waals surface area contributed by atoms with E-state index in [1.54, 1.807) is 47.7 Å². The number of halogens is 6. The highest BCUT2D eigenvalue weighted by atomic mass is 35.5. The van der Waals surface area contributed by atoms with E-state index in [1.165, 1.54) is 40.3 Å². The molecule has 34 heteroatoms. The summed E-state index contributed by atoms with van der Waals surface area (Å²) in [6.07, 6.45) is 4.32. The first-order valence-corrected chi connectivity index (χ1v) is 51.2. The standard InChI is InChI=1S/C24H24N2O3S.C23H23N3O4S2.C21H19FN2OS.C18H16Cl2N2O3S.C16H16Cl2FNOS/c1-3-6-19(18-10-9-16-7-4-5-8-17(16)15-18)20-21(25-2)23(30-22(20)24(27)28)26-11-13-29-14-12-26;1-32(29)25-20(17-7-6-15-4-2-3-5-16(15)14-17)19-18(8-9-24)22(31-21(19)23(27)28)26-10-12-30-13-11-26;1-14-18(20(23-2)21(26-14)24-7-9-25-10-8-24)12-15-11-16-5-3-4-6-17(16)19(22)13-15;1-10(11-3-4-12(19)13(20)9-11)14-15(21-2)17(26-16(14)18(23)24)22-5-7-25-8-6-22;1-10-12(8-11-2-3-13(17)14(18)9-11)15(19)16(22-10)20-4-6-21-7-5-20/h4-5,7-10,15,19H,3,6,11-14H2,1H3,(H,27,28);2-7,14,20,25H,10-13,24H2,1H3,(H,27,28);3-6,11,13H,7-10,12H2,1H3;3-4,9-10H,5-8H2,1H3,(H,23,24);2-3,9H,4-8H2,1H3. The summed E-state index contributed by atoms with van der Waals surface area (Å²) in [6, 6.07) is 51.8. The minimum absolute atomic E-state index is 0.115. The molecular formula is C102H98Cl4F2N10O12S6. The number of carbonyl (C=O) groups is 3. The summed E-state index contributed by atoms with van der Waals surface area (Å²) < 4.78 is 71.6. The van der Waals surface area contributed by atoms with E-state index in [0.717, 1.165) is 146 Å². The minimum Gasteiger partial charge on any atom is -0.477 e. The number of nitrogens with one attached hydrogen (secondary N) is 1. The number of fused-ring (bicyclic) bond motifs is 3. The van der Waals surface area contributed by atoms with E-state index < -0.39 is 34.9 Å².